The number of oxazole rings is 1. The first-order chi connectivity index (χ1) is 14.7. The monoisotopic (exact) mass is 404 g/mol. The second-order valence-electron chi connectivity index (χ2n) is 8.06. The Balaban J connectivity index is 1.14. The van der Waals surface area contributed by atoms with Crippen molar-refractivity contribution in [1.82, 2.24) is 4.98 Å². The van der Waals surface area contributed by atoms with E-state index in [4.69, 9.17) is 4.42 Å². The molecule has 2 aromatic carbocycles. The van der Waals surface area contributed by atoms with E-state index in [2.05, 4.69) is 20.5 Å². The van der Waals surface area contributed by atoms with E-state index < -0.39 is 0 Å². The molecule has 2 fully saturated rings. The first-order valence-corrected chi connectivity index (χ1v) is 10.5. The number of amides is 2. The molecule has 1 aliphatic heterocycles. The number of carbonyl (C=O) groups is 2. The van der Waals surface area contributed by atoms with E-state index in [1.807, 2.05) is 48.5 Å². The summed E-state index contributed by atoms with van der Waals surface area (Å²) < 4.78 is 5.84. The van der Waals surface area contributed by atoms with Crippen LogP contribution in [0.15, 0.2) is 52.9 Å². The fourth-order valence-corrected chi connectivity index (χ4v) is 3.80. The largest absolute Gasteiger partial charge is 0.423 e. The van der Waals surface area contributed by atoms with Gasteiger partial charge in [0.1, 0.15) is 5.52 Å². The van der Waals surface area contributed by atoms with Crippen LogP contribution in [0, 0.1) is 11.8 Å². The maximum absolute atomic E-state index is 12.7. The Morgan fingerprint density at radius 1 is 0.833 bits per heavy atom. The van der Waals surface area contributed by atoms with Crippen LogP contribution >= 0.6 is 0 Å². The molecule has 0 bridgehead atoms. The third-order valence-electron chi connectivity index (χ3n) is 5.79. The highest BCUT2D eigenvalue weighted by molar-refractivity contribution is 5.95. The summed E-state index contributed by atoms with van der Waals surface area (Å²) in [6, 6.07) is 15.7. The van der Waals surface area contributed by atoms with Crippen LogP contribution in [0.4, 0.5) is 17.4 Å². The van der Waals surface area contributed by atoms with Crippen LogP contribution in [0.5, 0.6) is 0 Å². The third-order valence-corrected chi connectivity index (χ3v) is 5.79. The van der Waals surface area contributed by atoms with Crippen LogP contribution in [-0.2, 0) is 9.59 Å². The summed E-state index contributed by atoms with van der Waals surface area (Å²) in [4.78, 5) is 31.1. The second-order valence-corrected chi connectivity index (χ2v) is 8.06. The number of hydrogen-bond donors (Lipinski definition) is 2. The predicted molar refractivity (Wildman–Crippen MR) is 115 cm³/mol. The number of anilines is 3. The van der Waals surface area contributed by atoms with Gasteiger partial charge in [-0.25, -0.2) is 0 Å². The fourth-order valence-electron chi connectivity index (χ4n) is 3.80. The Morgan fingerprint density at radius 3 is 1.97 bits per heavy atom. The summed E-state index contributed by atoms with van der Waals surface area (Å²) in [5, 5.41) is 5.90. The van der Waals surface area contributed by atoms with Gasteiger partial charge in [0.05, 0.1) is 0 Å². The number of para-hydroxylation sites is 2. The Morgan fingerprint density at radius 2 is 1.40 bits per heavy atom. The smallest absolute Gasteiger partial charge is 0.298 e. The molecule has 154 valence electrons. The van der Waals surface area contributed by atoms with Crippen molar-refractivity contribution in [1.29, 1.82) is 0 Å². The fraction of sp³-hybridized carbons (Fsp3) is 0.348. The van der Waals surface area contributed by atoms with Gasteiger partial charge in [-0.15, -0.1) is 0 Å². The molecule has 2 N–H and O–H groups in total. The van der Waals surface area contributed by atoms with Gasteiger partial charge in [0.15, 0.2) is 5.58 Å². The number of carbonyl (C=O) groups excluding carboxylic acids is 2. The molecule has 0 atom stereocenters. The number of nitrogens with zero attached hydrogens (tertiary/aromatic N) is 2. The van der Waals surface area contributed by atoms with Crippen molar-refractivity contribution in [2.45, 2.75) is 25.7 Å². The average Bonchev–Trinajstić information content (AvgIpc) is 3.54. The van der Waals surface area contributed by atoms with E-state index in [-0.39, 0.29) is 23.7 Å². The number of rotatable bonds is 5. The van der Waals surface area contributed by atoms with Gasteiger partial charge in [0, 0.05) is 36.3 Å². The number of benzene rings is 2. The zero-order chi connectivity index (χ0) is 20.5. The number of hydrogen-bond acceptors (Lipinski definition) is 5. The molecule has 2 amide bonds. The molecule has 2 aliphatic rings. The first kappa shape index (κ1) is 18.7. The highest BCUT2D eigenvalue weighted by Gasteiger charge is 2.30. The Kier molecular flexibility index (Phi) is 4.86. The van der Waals surface area contributed by atoms with Crippen LogP contribution in [0.1, 0.15) is 25.7 Å². The lowest BCUT2D eigenvalue weighted by Crippen LogP contribution is -2.38. The Hall–Kier alpha value is -3.35. The topological polar surface area (TPSA) is 87.5 Å². The first-order valence-electron chi connectivity index (χ1n) is 10.5. The van der Waals surface area contributed by atoms with Crippen molar-refractivity contribution in [3.63, 3.8) is 0 Å². The minimum atomic E-state index is -0.0418. The van der Waals surface area contributed by atoms with E-state index in [1.165, 1.54) is 0 Å². The molecule has 30 heavy (non-hydrogen) atoms. The number of piperidine rings is 1. The third kappa shape index (κ3) is 4.01. The lowest BCUT2D eigenvalue weighted by Gasteiger charge is -2.30. The molecular formula is C23H24N4O3. The van der Waals surface area contributed by atoms with Gasteiger partial charge < -0.3 is 20.0 Å². The predicted octanol–water partition coefficient (Wildman–Crippen LogP) is 4.03. The van der Waals surface area contributed by atoms with E-state index >= 15 is 0 Å². The maximum atomic E-state index is 12.7. The minimum absolute atomic E-state index is 0.0296. The lowest BCUT2D eigenvalue weighted by molar-refractivity contribution is -0.120. The molecule has 1 saturated carbocycles. The van der Waals surface area contributed by atoms with Crippen molar-refractivity contribution < 1.29 is 14.0 Å². The van der Waals surface area contributed by atoms with Gasteiger partial charge in [-0.1, -0.05) is 12.1 Å². The van der Waals surface area contributed by atoms with Crippen molar-refractivity contribution in [2.24, 2.45) is 11.8 Å². The molecule has 0 unspecified atom stereocenters. The normalized spacial score (nSPS) is 17.1. The van der Waals surface area contributed by atoms with Gasteiger partial charge >= 0.3 is 0 Å². The summed E-state index contributed by atoms with van der Waals surface area (Å²) >= 11 is 0. The summed E-state index contributed by atoms with van der Waals surface area (Å²) in [5.41, 5.74) is 3.13. The molecule has 7 nitrogen and oxygen atoms in total. The van der Waals surface area contributed by atoms with Gasteiger partial charge in [0.25, 0.3) is 6.01 Å². The summed E-state index contributed by atoms with van der Waals surface area (Å²) in [5.74, 6) is 0.240. The highest BCUT2D eigenvalue weighted by atomic mass is 16.4. The van der Waals surface area contributed by atoms with Crippen molar-refractivity contribution >= 4 is 40.3 Å². The van der Waals surface area contributed by atoms with Crippen molar-refractivity contribution in [3.05, 3.63) is 48.5 Å². The van der Waals surface area contributed by atoms with Crippen LogP contribution in [0.25, 0.3) is 11.1 Å². The highest BCUT2D eigenvalue weighted by Crippen LogP contribution is 2.30. The molecule has 0 spiro atoms. The molecule has 7 heteroatoms. The van der Waals surface area contributed by atoms with Crippen LogP contribution < -0.4 is 15.5 Å². The zero-order valence-corrected chi connectivity index (χ0v) is 16.6. The quantitative estimate of drug-likeness (QED) is 0.670. The van der Waals surface area contributed by atoms with Crippen LogP contribution in [0.3, 0.4) is 0 Å². The van der Waals surface area contributed by atoms with Gasteiger partial charge in [-0.2, -0.15) is 4.98 Å². The van der Waals surface area contributed by atoms with E-state index in [1.54, 1.807) is 0 Å². The van der Waals surface area contributed by atoms with Crippen molar-refractivity contribution in [2.75, 3.05) is 28.6 Å². The zero-order valence-electron chi connectivity index (χ0n) is 16.6. The maximum Gasteiger partial charge on any atom is 0.298 e. The minimum Gasteiger partial charge on any atom is -0.423 e. The standard InChI is InChI=1S/C23H24N4O3/c28-21(15-5-6-15)24-17-7-9-18(10-8-17)25-22(29)16-11-13-27(14-12-16)23-26-19-3-1-2-4-20(19)30-23/h1-4,7-10,15-16H,5-6,11-14H2,(H,24,28)(H,25,29). The molecule has 3 aromatic rings. The molecule has 0 radical (unpaired) electrons. The lowest BCUT2D eigenvalue weighted by atomic mass is 9.96. The second kappa shape index (κ2) is 7.82. The number of nitrogens with one attached hydrogen (secondary N) is 2. The average molecular weight is 404 g/mol. The SMILES string of the molecule is O=C(Nc1ccc(NC(=O)C2CCN(c3nc4ccccc4o3)CC2)cc1)C1CC1. The Labute approximate surface area is 174 Å². The van der Waals surface area contributed by atoms with Gasteiger partial charge in [-0.3, -0.25) is 9.59 Å². The molecule has 5 rings (SSSR count). The molecule has 1 aliphatic carbocycles. The van der Waals surface area contributed by atoms with Crippen molar-refractivity contribution in [3.8, 4) is 0 Å². The van der Waals surface area contributed by atoms with Gasteiger partial charge in [0.2, 0.25) is 11.8 Å². The van der Waals surface area contributed by atoms with Gasteiger partial charge in [-0.05, 0) is 62.1 Å². The summed E-state index contributed by atoms with van der Waals surface area (Å²) in [6.45, 7) is 1.47. The number of fused-ring (bicyclic) bond motifs is 1. The van der Waals surface area contributed by atoms with E-state index in [9.17, 15) is 9.59 Å². The molecule has 2 heterocycles. The summed E-state index contributed by atoms with van der Waals surface area (Å²) in [7, 11) is 0. The summed E-state index contributed by atoms with van der Waals surface area (Å²) in [6.07, 6.45) is 3.45. The Bertz CT molecular complexity index is 1030. The molecular weight excluding hydrogens is 380 g/mol. The number of aromatic nitrogens is 1. The van der Waals surface area contributed by atoms with E-state index in [0.29, 0.717) is 6.01 Å². The molecule has 1 saturated heterocycles. The van der Waals surface area contributed by atoms with Crippen LogP contribution in [0.2, 0.25) is 0 Å². The molecule has 1 aromatic heterocycles. The van der Waals surface area contributed by atoms with Crippen LogP contribution in [-0.4, -0.2) is 29.9 Å². The van der Waals surface area contributed by atoms with E-state index in [0.717, 1.165) is 61.2 Å².